The van der Waals surface area contributed by atoms with E-state index in [-0.39, 0.29) is 0 Å². The normalized spacial score (nSPS) is 10.4. The Bertz CT molecular complexity index is 436. The molecule has 2 aromatic rings. The number of aryl methyl sites for hydroxylation is 1. The van der Waals surface area contributed by atoms with Crippen LogP contribution in [0.5, 0.6) is 0 Å². The fourth-order valence-corrected chi connectivity index (χ4v) is 1.44. The first-order chi connectivity index (χ1) is 6.75. The SMILES string of the molecule is Cc1ccn(Cc2cccnc2Cl)n1. The van der Waals surface area contributed by atoms with E-state index in [0.29, 0.717) is 11.7 Å². The van der Waals surface area contributed by atoms with Crippen molar-refractivity contribution in [3.63, 3.8) is 0 Å². The van der Waals surface area contributed by atoms with Gasteiger partial charge in [0.15, 0.2) is 0 Å². The second-order valence-electron chi connectivity index (χ2n) is 3.11. The van der Waals surface area contributed by atoms with Crippen LogP contribution in [0.4, 0.5) is 0 Å². The quantitative estimate of drug-likeness (QED) is 0.708. The molecule has 0 bridgehead atoms. The highest BCUT2D eigenvalue weighted by Crippen LogP contribution is 2.12. The lowest BCUT2D eigenvalue weighted by atomic mass is 10.3. The van der Waals surface area contributed by atoms with Crippen LogP contribution in [-0.4, -0.2) is 14.8 Å². The van der Waals surface area contributed by atoms with Crippen molar-refractivity contribution < 1.29 is 0 Å². The first-order valence-corrected chi connectivity index (χ1v) is 4.73. The maximum atomic E-state index is 5.93. The van der Waals surface area contributed by atoms with Crippen molar-refractivity contribution in [2.45, 2.75) is 13.5 Å². The van der Waals surface area contributed by atoms with E-state index in [2.05, 4.69) is 10.1 Å². The van der Waals surface area contributed by atoms with E-state index in [4.69, 9.17) is 11.6 Å². The molecule has 0 fully saturated rings. The van der Waals surface area contributed by atoms with Gasteiger partial charge in [-0.1, -0.05) is 17.7 Å². The van der Waals surface area contributed by atoms with Crippen LogP contribution in [0.25, 0.3) is 0 Å². The summed E-state index contributed by atoms with van der Waals surface area (Å²) in [7, 11) is 0. The van der Waals surface area contributed by atoms with Crippen LogP contribution < -0.4 is 0 Å². The molecule has 0 radical (unpaired) electrons. The zero-order chi connectivity index (χ0) is 9.97. The Labute approximate surface area is 87.3 Å². The van der Waals surface area contributed by atoms with E-state index in [1.54, 1.807) is 6.20 Å². The molecular formula is C10H10ClN3. The summed E-state index contributed by atoms with van der Waals surface area (Å²) in [6.07, 6.45) is 3.61. The summed E-state index contributed by atoms with van der Waals surface area (Å²) in [6, 6.07) is 5.79. The second kappa shape index (κ2) is 3.80. The van der Waals surface area contributed by atoms with E-state index < -0.39 is 0 Å². The molecule has 0 N–H and O–H groups in total. The third-order valence-electron chi connectivity index (χ3n) is 1.94. The molecule has 0 aliphatic carbocycles. The average molecular weight is 208 g/mol. The van der Waals surface area contributed by atoms with Gasteiger partial charge in [-0.25, -0.2) is 4.98 Å². The molecule has 0 spiro atoms. The Balaban J connectivity index is 2.23. The standard InChI is InChI=1S/C10H10ClN3/c1-8-4-6-14(13-8)7-9-3-2-5-12-10(9)11/h2-6H,7H2,1H3. The molecule has 14 heavy (non-hydrogen) atoms. The fraction of sp³-hybridized carbons (Fsp3) is 0.200. The summed E-state index contributed by atoms with van der Waals surface area (Å²) in [5.41, 5.74) is 1.99. The molecule has 0 aliphatic heterocycles. The van der Waals surface area contributed by atoms with Gasteiger partial charge in [0.25, 0.3) is 0 Å². The molecule has 72 valence electrons. The molecular weight excluding hydrogens is 198 g/mol. The molecule has 0 saturated heterocycles. The van der Waals surface area contributed by atoms with Crippen molar-refractivity contribution in [1.82, 2.24) is 14.8 Å². The van der Waals surface area contributed by atoms with Crippen molar-refractivity contribution in [3.05, 3.63) is 47.0 Å². The lowest BCUT2D eigenvalue weighted by molar-refractivity contribution is 0.678. The highest BCUT2D eigenvalue weighted by atomic mass is 35.5. The molecule has 0 atom stereocenters. The number of hydrogen-bond donors (Lipinski definition) is 0. The van der Waals surface area contributed by atoms with Gasteiger partial charge >= 0.3 is 0 Å². The molecule has 0 aliphatic rings. The van der Waals surface area contributed by atoms with E-state index in [1.807, 2.05) is 36.0 Å². The number of pyridine rings is 1. The van der Waals surface area contributed by atoms with Crippen molar-refractivity contribution in [2.24, 2.45) is 0 Å². The number of hydrogen-bond acceptors (Lipinski definition) is 2. The molecule has 2 heterocycles. The third kappa shape index (κ3) is 1.93. The minimum atomic E-state index is 0.542. The predicted octanol–water partition coefficient (Wildman–Crippen LogP) is 2.29. The summed E-state index contributed by atoms with van der Waals surface area (Å²) < 4.78 is 1.85. The maximum absolute atomic E-state index is 5.93. The largest absolute Gasteiger partial charge is 0.268 e. The topological polar surface area (TPSA) is 30.7 Å². The van der Waals surface area contributed by atoms with Crippen molar-refractivity contribution >= 4 is 11.6 Å². The van der Waals surface area contributed by atoms with Crippen LogP contribution in [0.2, 0.25) is 5.15 Å². The number of halogens is 1. The van der Waals surface area contributed by atoms with E-state index in [1.165, 1.54) is 0 Å². The lowest BCUT2D eigenvalue weighted by Crippen LogP contribution is -2.01. The number of rotatable bonds is 2. The van der Waals surface area contributed by atoms with Crippen LogP contribution in [-0.2, 0) is 6.54 Å². The first-order valence-electron chi connectivity index (χ1n) is 4.35. The van der Waals surface area contributed by atoms with Gasteiger partial charge < -0.3 is 0 Å². The minimum absolute atomic E-state index is 0.542. The van der Waals surface area contributed by atoms with Crippen LogP contribution in [0, 0.1) is 6.92 Å². The van der Waals surface area contributed by atoms with Crippen LogP contribution >= 0.6 is 11.6 Å². The van der Waals surface area contributed by atoms with Gasteiger partial charge in [-0.15, -0.1) is 0 Å². The number of aromatic nitrogens is 3. The summed E-state index contributed by atoms with van der Waals surface area (Å²) in [6.45, 7) is 2.63. The molecule has 2 rings (SSSR count). The third-order valence-corrected chi connectivity index (χ3v) is 2.28. The van der Waals surface area contributed by atoms with Crippen molar-refractivity contribution in [3.8, 4) is 0 Å². The Morgan fingerprint density at radius 2 is 2.29 bits per heavy atom. The van der Waals surface area contributed by atoms with Gasteiger partial charge in [0.1, 0.15) is 5.15 Å². The summed E-state index contributed by atoms with van der Waals surface area (Å²) in [4.78, 5) is 4.01. The highest BCUT2D eigenvalue weighted by Gasteiger charge is 2.01. The summed E-state index contributed by atoms with van der Waals surface area (Å²) in [5.74, 6) is 0. The minimum Gasteiger partial charge on any atom is -0.268 e. The van der Waals surface area contributed by atoms with Gasteiger partial charge in [-0.05, 0) is 19.1 Å². The van der Waals surface area contributed by atoms with Gasteiger partial charge in [-0.2, -0.15) is 5.10 Å². The van der Waals surface area contributed by atoms with Gasteiger partial charge in [-0.3, -0.25) is 4.68 Å². The Kier molecular flexibility index (Phi) is 2.50. The Morgan fingerprint density at radius 1 is 1.43 bits per heavy atom. The second-order valence-corrected chi connectivity index (χ2v) is 3.47. The zero-order valence-corrected chi connectivity index (χ0v) is 8.57. The molecule has 0 aromatic carbocycles. The molecule has 0 saturated carbocycles. The summed E-state index contributed by atoms with van der Waals surface area (Å²) >= 11 is 5.93. The molecule has 0 unspecified atom stereocenters. The fourth-order valence-electron chi connectivity index (χ4n) is 1.26. The van der Waals surface area contributed by atoms with Crippen LogP contribution in [0.1, 0.15) is 11.3 Å². The van der Waals surface area contributed by atoms with Gasteiger partial charge in [0, 0.05) is 18.0 Å². The maximum Gasteiger partial charge on any atom is 0.134 e. The molecule has 4 heteroatoms. The van der Waals surface area contributed by atoms with E-state index in [9.17, 15) is 0 Å². The molecule has 0 amide bonds. The number of nitrogens with zero attached hydrogens (tertiary/aromatic N) is 3. The van der Waals surface area contributed by atoms with Crippen LogP contribution in [0.3, 0.4) is 0 Å². The lowest BCUT2D eigenvalue weighted by Gasteiger charge is -2.02. The monoisotopic (exact) mass is 207 g/mol. The van der Waals surface area contributed by atoms with Crippen LogP contribution in [0.15, 0.2) is 30.6 Å². The van der Waals surface area contributed by atoms with E-state index in [0.717, 1.165) is 11.3 Å². The first kappa shape index (κ1) is 9.21. The molecule has 3 nitrogen and oxygen atoms in total. The van der Waals surface area contributed by atoms with Crippen molar-refractivity contribution in [2.75, 3.05) is 0 Å². The molecule has 2 aromatic heterocycles. The average Bonchev–Trinajstić information content (AvgIpc) is 2.56. The van der Waals surface area contributed by atoms with E-state index >= 15 is 0 Å². The smallest absolute Gasteiger partial charge is 0.134 e. The Morgan fingerprint density at radius 3 is 2.93 bits per heavy atom. The van der Waals surface area contributed by atoms with Crippen molar-refractivity contribution in [1.29, 1.82) is 0 Å². The zero-order valence-electron chi connectivity index (χ0n) is 7.81. The highest BCUT2D eigenvalue weighted by molar-refractivity contribution is 6.30. The van der Waals surface area contributed by atoms with Gasteiger partial charge in [0.2, 0.25) is 0 Å². The predicted molar refractivity (Wildman–Crippen MR) is 55.3 cm³/mol. The Hall–Kier alpha value is -1.35. The van der Waals surface area contributed by atoms with Gasteiger partial charge in [0.05, 0.1) is 12.2 Å². The summed E-state index contributed by atoms with van der Waals surface area (Å²) in [5, 5.41) is 4.82.